The van der Waals surface area contributed by atoms with Crippen LogP contribution >= 0.6 is 0 Å². The van der Waals surface area contributed by atoms with E-state index in [2.05, 4.69) is 26.7 Å². The lowest BCUT2D eigenvalue weighted by Gasteiger charge is -2.39. The molecule has 0 bridgehead atoms. The number of quaternary nitrogens is 1. The number of nitrogens with zero attached hydrogens (tertiary/aromatic N) is 1. The van der Waals surface area contributed by atoms with Crippen LogP contribution in [-0.2, 0) is 71.4 Å². The Morgan fingerprint density at radius 2 is 0.712 bits per heavy atom. The molecule has 0 N–H and O–H groups in total. The fourth-order valence-corrected chi connectivity index (χ4v) is 5.60. The minimum Gasteiger partial charge on any atom is -0.458 e. The van der Waals surface area contributed by atoms with E-state index in [1.54, 1.807) is 0 Å². The van der Waals surface area contributed by atoms with Gasteiger partial charge in [0.05, 0.1) is 46.2 Å². The first-order valence-electron chi connectivity index (χ1n) is 20.5. The molecule has 3 atom stereocenters. The number of hydrogen-bond donors (Lipinski definition) is 0. The molecule has 0 aromatic heterocycles. The minimum atomic E-state index is -0.841. The number of carbonyl (C=O) groups is 6. The fourth-order valence-electron chi connectivity index (χ4n) is 5.60. The zero-order chi connectivity index (χ0) is 44.6. The van der Waals surface area contributed by atoms with E-state index in [-0.39, 0.29) is 76.2 Å². The van der Waals surface area contributed by atoms with Crippen LogP contribution < -0.4 is 0 Å². The van der Waals surface area contributed by atoms with Gasteiger partial charge in [-0.25, -0.2) is 14.4 Å². The van der Waals surface area contributed by atoms with E-state index in [4.69, 9.17) is 42.6 Å². The summed E-state index contributed by atoms with van der Waals surface area (Å²) in [6.45, 7) is 23.3. The zero-order valence-corrected chi connectivity index (χ0v) is 36.8. The predicted octanol–water partition coefficient (Wildman–Crippen LogP) is 5.15. The van der Waals surface area contributed by atoms with Crippen molar-refractivity contribution in [2.75, 3.05) is 85.6 Å². The summed E-state index contributed by atoms with van der Waals surface area (Å²) in [5.41, 5.74) is 0.622. The van der Waals surface area contributed by atoms with Gasteiger partial charge in [0.2, 0.25) is 0 Å². The van der Waals surface area contributed by atoms with Crippen molar-refractivity contribution in [1.29, 1.82) is 0 Å². The number of rotatable bonds is 36. The largest absolute Gasteiger partial charge is 0.458 e. The third-order valence-corrected chi connectivity index (χ3v) is 8.77. The second kappa shape index (κ2) is 32.7. The van der Waals surface area contributed by atoms with E-state index < -0.39 is 54.1 Å². The molecule has 16 nitrogen and oxygen atoms in total. The van der Waals surface area contributed by atoms with Crippen LogP contribution in [0.4, 0.5) is 0 Å². The first kappa shape index (κ1) is 54.9. The van der Waals surface area contributed by atoms with E-state index >= 15 is 0 Å². The normalized spacial score (nSPS) is 13.5. The maximum atomic E-state index is 12.0. The van der Waals surface area contributed by atoms with Crippen molar-refractivity contribution in [2.24, 2.45) is 0 Å². The lowest BCUT2D eigenvalue weighted by molar-refractivity contribution is -0.929. The van der Waals surface area contributed by atoms with Crippen LogP contribution in [0.3, 0.4) is 0 Å². The van der Waals surface area contributed by atoms with Gasteiger partial charge in [-0.15, -0.1) is 0 Å². The summed E-state index contributed by atoms with van der Waals surface area (Å²) in [6, 6.07) is 0. The molecule has 0 aromatic rings. The molecule has 0 aliphatic rings. The first-order valence-corrected chi connectivity index (χ1v) is 20.5. The quantitative estimate of drug-likeness (QED) is 0.0265. The Morgan fingerprint density at radius 3 is 0.983 bits per heavy atom. The maximum Gasteiger partial charge on any atom is 0.333 e. The molecule has 0 fully saturated rings. The van der Waals surface area contributed by atoms with Crippen molar-refractivity contribution in [2.45, 2.75) is 118 Å². The summed E-state index contributed by atoms with van der Waals surface area (Å²) in [7, 11) is 0. The lowest BCUT2D eigenvalue weighted by Crippen LogP contribution is -2.54. The van der Waals surface area contributed by atoms with Gasteiger partial charge in [-0.3, -0.25) is 14.4 Å². The molecule has 338 valence electrons. The number of hydrogen-bond acceptors (Lipinski definition) is 15. The summed E-state index contributed by atoms with van der Waals surface area (Å²) >= 11 is 0. The molecular formula is C43H72NO15+. The third-order valence-electron chi connectivity index (χ3n) is 8.77. The monoisotopic (exact) mass is 842 g/mol. The standard InChI is InChI=1S/C43H72NO15/c1-11-12-13-14-15-16-17-18-19-44(20-23-51-26-38(57-35(8)45)29-54-41(48)32(2)3,21-24-52-27-39(58-36(9)46)30-55-42(49)33(4)5)22-25-53-28-40(59-37(10)47)31-56-43(50)34(6)7/h38-40H,2,4,6,11-31H2,1,3,5,7-10H3/q+1. The summed E-state index contributed by atoms with van der Waals surface area (Å²) < 4.78 is 50.2. The Balaban J connectivity index is 6.14. The average Bonchev–Trinajstić information content (AvgIpc) is 3.16. The van der Waals surface area contributed by atoms with Gasteiger partial charge < -0.3 is 47.1 Å². The van der Waals surface area contributed by atoms with E-state index in [0.717, 1.165) is 32.2 Å². The van der Waals surface area contributed by atoms with Crippen LogP contribution in [0, 0.1) is 0 Å². The Morgan fingerprint density at radius 1 is 0.424 bits per heavy atom. The van der Waals surface area contributed by atoms with Crippen LogP contribution in [0.5, 0.6) is 0 Å². The highest BCUT2D eigenvalue weighted by atomic mass is 16.6. The highest BCUT2D eigenvalue weighted by Gasteiger charge is 2.29. The van der Waals surface area contributed by atoms with Crippen molar-refractivity contribution >= 4 is 35.8 Å². The van der Waals surface area contributed by atoms with Crippen LogP contribution in [-0.4, -0.2) is 144 Å². The third kappa shape index (κ3) is 29.7. The summed E-state index contributed by atoms with van der Waals surface area (Å²) in [5, 5.41) is 0. The van der Waals surface area contributed by atoms with Gasteiger partial charge in [0.1, 0.15) is 39.5 Å². The molecule has 0 saturated carbocycles. The summed E-state index contributed by atoms with van der Waals surface area (Å²) in [5.74, 6) is -3.50. The van der Waals surface area contributed by atoms with E-state index in [0.29, 0.717) is 24.1 Å². The number of ether oxygens (including phenoxy) is 9. The highest BCUT2D eigenvalue weighted by molar-refractivity contribution is 5.87. The van der Waals surface area contributed by atoms with Crippen molar-refractivity contribution in [3.63, 3.8) is 0 Å². The molecule has 0 aliphatic heterocycles. The smallest absolute Gasteiger partial charge is 0.333 e. The van der Waals surface area contributed by atoms with Crippen molar-refractivity contribution in [3.8, 4) is 0 Å². The van der Waals surface area contributed by atoms with Gasteiger partial charge >= 0.3 is 35.8 Å². The Labute approximate surface area is 351 Å². The van der Waals surface area contributed by atoms with Gasteiger partial charge in [-0.05, 0) is 33.6 Å². The second-order valence-electron chi connectivity index (χ2n) is 14.8. The summed E-state index contributed by atoms with van der Waals surface area (Å²) in [6.07, 6.45) is 6.39. The highest BCUT2D eigenvalue weighted by Crippen LogP contribution is 2.15. The topological polar surface area (TPSA) is 185 Å². The van der Waals surface area contributed by atoms with Crippen LogP contribution in [0.1, 0.15) is 99.8 Å². The van der Waals surface area contributed by atoms with E-state index in [1.807, 2.05) is 0 Å². The van der Waals surface area contributed by atoms with Crippen LogP contribution in [0.2, 0.25) is 0 Å². The van der Waals surface area contributed by atoms with Gasteiger partial charge in [-0.1, -0.05) is 65.2 Å². The number of unbranched alkanes of at least 4 members (excludes halogenated alkanes) is 7. The molecule has 3 unspecified atom stereocenters. The zero-order valence-electron chi connectivity index (χ0n) is 36.8. The van der Waals surface area contributed by atoms with Crippen molar-refractivity contribution < 1.29 is 75.9 Å². The van der Waals surface area contributed by atoms with Gasteiger partial charge in [0.25, 0.3) is 0 Å². The molecule has 0 heterocycles. The molecular weight excluding hydrogens is 770 g/mol. The first-order chi connectivity index (χ1) is 27.9. The predicted molar refractivity (Wildman–Crippen MR) is 219 cm³/mol. The van der Waals surface area contributed by atoms with Crippen molar-refractivity contribution in [3.05, 3.63) is 36.5 Å². The molecule has 0 rings (SSSR count). The number of carbonyl (C=O) groups excluding carboxylic acids is 6. The molecule has 59 heavy (non-hydrogen) atoms. The Kier molecular flexibility index (Phi) is 30.4. The molecule has 0 radical (unpaired) electrons. The molecule has 0 spiro atoms. The maximum absolute atomic E-state index is 12.0. The van der Waals surface area contributed by atoms with Crippen LogP contribution in [0.25, 0.3) is 0 Å². The average molecular weight is 843 g/mol. The molecule has 0 aromatic carbocycles. The van der Waals surface area contributed by atoms with E-state index in [9.17, 15) is 28.8 Å². The molecule has 0 saturated heterocycles. The minimum absolute atomic E-state index is 0.0340. The molecule has 0 amide bonds. The lowest BCUT2D eigenvalue weighted by atomic mass is 10.1. The Hall–Kier alpha value is -4.12. The van der Waals surface area contributed by atoms with Gasteiger partial charge in [0.15, 0.2) is 18.3 Å². The summed E-state index contributed by atoms with van der Waals surface area (Å²) in [4.78, 5) is 71.4. The fraction of sp³-hybridized carbons (Fsp3) is 0.721. The Bertz CT molecular complexity index is 1190. The second-order valence-corrected chi connectivity index (χ2v) is 14.8. The SMILES string of the molecule is C=C(C)C(=O)OCC(COCC[N+](CCCCCCCCCC)(CCOCC(COC(=O)C(=C)C)OC(C)=O)CCOCC(COC(=O)C(=C)C)OC(C)=O)OC(C)=O. The van der Waals surface area contributed by atoms with Gasteiger partial charge in [-0.2, -0.15) is 0 Å². The molecule has 0 aliphatic carbocycles. The molecule has 16 heteroatoms. The van der Waals surface area contributed by atoms with Crippen molar-refractivity contribution in [1.82, 2.24) is 0 Å². The number of esters is 6. The van der Waals surface area contributed by atoms with Crippen LogP contribution in [0.15, 0.2) is 36.5 Å². The van der Waals surface area contributed by atoms with E-state index in [1.165, 1.54) is 67.2 Å². The van der Waals surface area contributed by atoms with Gasteiger partial charge in [0, 0.05) is 37.5 Å².